The summed E-state index contributed by atoms with van der Waals surface area (Å²) in [5.41, 5.74) is 9.31. The fraction of sp³-hybridized carbons (Fsp3) is 0.0833. The summed E-state index contributed by atoms with van der Waals surface area (Å²) in [6.45, 7) is 0.612. The number of nitrogens with one attached hydrogen (secondary N) is 3. The van der Waals surface area contributed by atoms with Gasteiger partial charge in [-0.2, -0.15) is 0 Å². The molecule has 0 atom stereocenters. The Kier molecular flexibility index (Phi) is 7.61. The van der Waals surface area contributed by atoms with E-state index >= 15 is 0 Å². The Labute approximate surface area is 211 Å². The Morgan fingerprint density at radius 3 is 2.43 bits per heavy atom. The molecule has 35 heavy (non-hydrogen) atoms. The van der Waals surface area contributed by atoms with E-state index in [0.29, 0.717) is 45.8 Å². The van der Waals surface area contributed by atoms with Gasteiger partial charge in [-0.05, 0) is 54.1 Å². The third kappa shape index (κ3) is 6.36. The molecule has 0 unspecified atom stereocenters. The number of halogens is 2. The van der Waals surface area contributed by atoms with Crippen molar-refractivity contribution in [3.05, 3.63) is 99.8 Å². The maximum absolute atomic E-state index is 12.7. The first-order valence-corrected chi connectivity index (χ1v) is 11.3. The maximum atomic E-state index is 12.7. The number of carbonyl (C=O) groups excluding carboxylic acids is 2. The van der Waals surface area contributed by atoms with E-state index in [4.69, 9.17) is 28.9 Å². The van der Waals surface area contributed by atoms with Gasteiger partial charge >= 0.3 is 6.03 Å². The number of amides is 3. The number of carbonyl (C=O) groups is 2. The smallest absolute Gasteiger partial charge is 0.323 e. The Morgan fingerprint density at radius 1 is 0.914 bits per heavy atom. The standard InChI is InChI=1S/C24H21Cl2N7O2/c25-21-8-7-18(11-22(21)26)30-24(35)29-17-5-2-4-16(10-17)23(34)28-13-15-3-1-6-20(9-15)33-14-19(12-27)31-32-33/h1-11,14H,12-13,27H2,(H,28,34)(H2,29,30,35). The number of benzene rings is 3. The lowest BCUT2D eigenvalue weighted by Crippen LogP contribution is -2.23. The summed E-state index contributed by atoms with van der Waals surface area (Å²) in [5.74, 6) is -0.282. The molecular formula is C24H21Cl2N7O2. The van der Waals surface area contributed by atoms with Crippen molar-refractivity contribution in [2.24, 2.45) is 5.73 Å². The van der Waals surface area contributed by atoms with Crippen LogP contribution >= 0.6 is 23.2 Å². The van der Waals surface area contributed by atoms with Crippen LogP contribution in [0.1, 0.15) is 21.6 Å². The Bertz CT molecular complexity index is 1370. The highest BCUT2D eigenvalue weighted by Crippen LogP contribution is 2.25. The maximum Gasteiger partial charge on any atom is 0.323 e. The molecule has 0 aliphatic carbocycles. The molecule has 178 valence electrons. The fourth-order valence-electron chi connectivity index (χ4n) is 3.22. The van der Waals surface area contributed by atoms with Crippen LogP contribution in [0, 0.1) is 0 Å². The monoisotopic (exact) mass is 509 g/mol. The summed E-state index contributed by atoms with van der Waals surface area (Å²) in [6, 6.07) is 18.5. The third-order valence-corrected chi connectivity index (χ3v) is 5.68. The molecule has 0 saturated carbocycles. The summed E-state index contributed by atoms with van der Waals surface area (Å²) >= 11 is 11.9. The van der Waals surface area contributed by atoms with E-state index in [9.17, 15) is 9.59 Å². The van der Waals surface area contributed by atoms with E-state index in [1.54, 1.807) is 53.3 Å². The second-order valence-electron chi connectivity index (χ2n) is 7.50. The van der Waals surface area contributed by atoms with Gasteiger partial charge in [-0.15, -0.1) is 5.10 Å². The highest BCUT2D eigenvalue weighted by molar-refractivity contribution is 6.42. The van der Waals surface area contributed by atoms with Crippen molar-refractivity contribution < 1.29 is 9.59 Å². The van der Waals surface area contributed by atoms with Crippen molar-refractivity contribution in [2.45, 2.75) is 13.1 Å². The van der Waals surface area contributed by atoms with Crippen LogP contribution in [0.5, 0.6) is 0 Å². The highest BCUT2D eigenvalue weighted by Gasteiger charge is 2.10. The summed E-state index contributed by atoms with van der Waals surface area (Å²) in [4.78, 5) is 25.0. The Hall–Kier alpha value is -3.92. The first-order valence-electron chi connectivity index (χ1n) is 10.5. The molecule has 0 bridgehead atoms. The van der Waals surface area contributed by atoms with E-state index in [1.807, 2.05) is 24.3 Å². The predicted molar refractivity (Wildman–Crippen MR) is 136 cm³/mol. The number of aromatic nitrogens is 3. The van der Waals surface area contributed by atoms with Gasteiger partial charge in [0.05, 0.1) is 27.6 Å². The molecule has 0 fully saturated rings. The van der Waals surface area contributed by atoms with Crippen LogP contribution in [-0.4, -0.2) is 26.9 Å². The zero-order chi connectivity index (χ0) is 24.8. The van der Waals surface area contributed by atoms with E-state index in [1.165, 1.54) is 0 Å². The van der Waals surface area contributed by atoms with Gasteiger partial charge in [-0.1, -0.05) is 46.6 Å². The highest BCUT2D eigenvalue weighted by atomic mass is 35.5. The van der Waals surface area contributed by atoms with Gasteiger partial charge in [0.15, 0.2) is 0 Å². The molecule has 3 amide bonds. The molecule has 3 aromatic carbocycles. The summed E-state index contributed by atoms with van der Waals surface area (Å²) in [6.07, 6.45) is 1.76. The molecule has 11 heteroatoms. The molecule has 0 aliphatic heterocycles. The van der Waals surface area contributed by atoms with Gasteiger partial charge < -0.3 is 21.7 Å². The van der Waals surface area contributed by atoms with Gasteiger partial charge in [-0.3, -0.25) is 4.79 Å². The van der Waals surface area contributed by atoms with Crippen molar-refractivity contribution in [2.75, 3.05) is 10.6 Å². The van der Waals surface area contributed by atoms with Crippen LogP contribution in [0.3, 0.4) is 0 Å². The Morgan fingerprint density at radius 2 is 1.69 bits per heavy atom. The third-order valence-electron chi connectivity index (χ3n) is 4.94. The SMILES string of the molecule is NCc1cn(-c2cccc(CNC(=O)c3cccc(NC(=O)Nc4ccc(Cl)c(Cl)c4)c3)c2)nn1. The van der Waals surface area contributed by atoms with Crippen LogP contribution in [0.4, 0.5) is 16.2 Å². The molecule has 4 aromatic rings. The summed E-state index contributed by atoms with van der Waals surface area (Å²) in [5, 5.41) is 17.0. The van der Waals surface area contributed by atoms with E-state index < -0.39 is 6.03 Å². The molecule has 5 N–H and O–H groups in total. The second kappa shape index (κ2) is 11.0. The van der Waals surface area contributed by atoms with Crippen molar-refractivity contribution in [1.82, 2.24) is 20.3 Å². The summed E-state index contributed by atoms with van der Waals surface area (Å²) < 4.78 is 1.63. The minimum atomic E-state index is -0.483. The molecule has 9 nitrogen and oxygen atoms in total. The summed E-state index contributed by atoms with van der Waals surface area (Å²) in [7, 11) is 0. The molecule has 0 saturated heterocycles. The first kappa shape index (κ1) is 24.2. The zero-order valence-corrected chi connectivity index (χ0v) is 19.8. The van der Waals surface area contributed by atoms with Crippen LogP contribution in [-0.2, 0) is 13.1 Å². The quantitative estimate of drug-likeness (QED) is 0.289. The Balaban J connectivity index is 1.36. The minimum absolute atomic E-state index is 0.282. The lowest BCUT2D eigenvalue weighted by Gasteiger charge is -2.10. The normalized spacial score (nSPS) is 10.6. The number of hydrogen-bond donors (Lipinski definition) is 4. The van der Waals surface area contributed by atoms with Crippen LogP contribution in [0.15, 0.2) is 72.9 Å². The topological polar surface area (TPSA) is 127 Å². The molecule has 4 rings (SSSR count). The van der Waals surface area contributed by atoms with Crippen LogP contribution < -0.4 is 21.7 Å². The predicted octanol–water partition coefficient (Wildman–Crippen LogP) is 4.61. The number of hydrogen-bond acceptors (Lipinski definition) is 5. The molecule has 1 aromatic heterocycles. The van der Waals surface area contributed by atoms with E-state index in [-0.39, 0.29) is 5.91 Å². The van der Waals surface area contributed by atoms with E-state index in [2.05, 4.69) is 26.3 Å². The molecular weight excluding hydrogens is 489 g/mol. The average Bonchev–Trinajstić information content (AvgIpc) is 3.35. The van der Waals surface area contributed by atoms with Gasteiger partial charge in [0.1, 0.15) is 0 Å². The minimum Gasteiger partial charge on any atom is -0.348 e. The van der Waals surface area contributed by atoms with Crippen molar-refractivity contribution >= 4 is 46.5 Å². The second-order valence-corrected chi connectivity index (χ2v) is 8.31. The molecule has 0 aliphatic rings. The van der Waals surface area contributed by atoms with Crippen LogP contribution in [0.2, 0.25) is 10.0 Å². The zero-order valence-electron chi connectivity index (χ0n) is 18.3. The van der Waals surface area contributed by atoms with Gasteiger partial charge in [0.2, 0.25) is 0 Å². The number of nitrogens with two attached hydrogens (primary N) is 1. The fourth-order valence-corrected chi connectivity index (χ4v) is 3.52. The average molecular weight is 510 g/mol. The van der Waals surface area contributed by atoms with Gasteiger partial charge in [0, 0.05) is 30.0 Å². The first-order chi connectivity index (χ1) is 16.9. The number of anilines is 2. The van der Waals surface area contributed by atoms with E-state index in [0.717, 1.165) is 11.3 Å². The van der Waals surface area contributed by atoms with Crippen molar-refractivity contribution in [3.8, 4) is 5.69 Å². The largest absolute Gasteiger partial charge is 0.348 e. The molecule has 1 heterocycles. The van der Waals surface area contributed by atoms with Gasteiger partial charge in [0.25, 0.3) is 5.91 Å². The number of nitrogens with zero attached hydrogens (tertiary/aromatic N) is 3. The van der Waals surface area contributed by atoms with Crippen molar-refractivity contribution in [3.63, 3.8) is 0 Å². The van der Waals surface area contributed by atoms with Crippen LogP contribution in [0.25, 0.3) is 5.69 Å². The lowest BCUT2D eigenvalue weighted by atomic mass is 10.1. The number of rotatable bonds is 7. The lowest BCUT2D eigenvalue weighted by molar-refractivity contribution is 0.0951. The van der Waals surface area contributed by atoms with Gasteiger partial charge in [-0.25, -0.2) is 9.48 Å². The molecule has 0 spiro atoms. The van der Waals surface area contributed by atoms with Crippen molar-refractivity contribution in [1.29, 1.82) is 0 Å². The molecule has 0 radical (unpaired) electrons. The number of urea groups is 1.